The maximum Gasteiger partial charge on any atom is 0.287 e. The van der Waals surface area contributed by atoms with Crippen LogP contribution in [0.15, 0.2) is 30.6 Å². The Morgan fingerprint density at radius 3 is 2.53 bits per heavy atom. The molecule has 0 saturated carbocycles. The summed E-state index contributed by atoms with van der Waals surface area (Å²) in [5.41, 5.74) is 1.69. The summed E-state index contributed by atoms with van der Waals surface area (Å²) < 4.78 is 30.8. The molecule has 4 heterocycles. The first-order valence-electron chi connectivity index (χ1n) is 9.60. The molecular weight excluding hydrogens is 406 g/mol. The molecule has 1 aliphatic heterocycles. The van der Waals surface area contributed by atoms with Gasteiger partial charge in [0.2, 0.25) is 11.8 Å². The Bertz CT molecular complexity index is 1200. The summed E-state index contributed by atoms with van der Waals surface area (Å²) in [5.74, 6) is 0.796. The van der Waals surface area contributed by atoms with E-state index in [0.717, 1.165) is 5.56 Å². The van der Waals surface area contributed by atoms with Crippen LogP contribution in [-0.2, 0) is 16.9 Å². The molecule has 30 heavy (non-hydrogen) atoms. The van der Waals surface area contributed by atoms with E-state index in [2.05, 4.69) is 20.3 Å². The van der Waals surface area contributed by atoms with Gasteiger partial charge >= 0.3 is 0 Å². The number of fused-ring (bicyclic) bond motifs is 1. The number of carbonyl (C=O) groups excluding carboxylic acids is 1. The topological polar surface area (TPSA) is 116 Å². The Hall–Kier alpha value is -3.01. The molecule has 0 aromatic carbocycles. The summed E-state index contributed by atoms with van der Waals surface area (Å²) in [6.07, 6.45) is 4.02. The van der Waals surface area contributed by atoms with Crippen LogP contribution >= 0.6 is 0 Å². The van der Waals surface area contributed by atoms with Crippen molar-refractivity contribution < 1.29 is 17.9 Å². The summed E-state index contributed by atoms with van der Waals surface area (Å²) in [6.45, 7) is 3.81. The number of sulfone groups is 1. The summed E-state index contributed by atoms with van der Waals surface area (Å²) in [5, 5.41) is 2.96. The average molecular weight is 430 g/mol. The first-order valence-corrected chi connectivity index (χ1v) is 11.4. The number of nitrogens with zero attached hydrogens (tertiary/aromatic N) is 4. The van der Waals surface area contributed by atoms with Crippen molar-refractivity contribution >= 4 is 26.8 Å². The number of aromatic nitrogens is 4. The van der Waals surface area contributed by atoms with Crippen molar-refractivity contribution in [3.05, 3.63) is 42.0 Å². The van der Waals surface area contributed by atoms with Crippen molar-refractivity contribution in [3.8, 4) is 11.8 Å². The van der Waals surface area contributed by atoms with Gasteiger partial charge in [-0.2, -0.15) is 0 Å². The van der Waals surface area contributed by atoms with Crippen molar-refractivity contribution in [2.45, 2.75) is 32.2 Å². The van der Waals surface area contributed by atoms with Gasteiger partial charge in [-0.05, 0) is 32.3 Å². The van der Waals surface area contributed by atoms with E-state index in [4.69, 9.17) is 4.74 Å². The van der Waals surface area contributed by atoms with Crippen LogP contribution in [0.25, 0.3) is 11.0 Å². The normalized spacial score (nSPS) is 17.6. The molecule has 1 fully saturated rings. The predicted molar refractivity (Wildman–Crippen MR) is 111 cm³/mol. The molecule has 0 radical (unpaired) electrons. The highest BCUT2D eigenvalue weighted by atomic mass is 32.2. The number of rotatable bonds is 4. The number of hydrogen-bond donors (Lipinski definition) is 1. The van der Waals surface area contributed by atoms with Crippen LogP contribution in [-0.4, -0.2) is 50.9 Å². The van der Waals surface area contributed by atoms with Gasteiger partial charge < -0.3 is 14.6 Å². The highest BCUT2D eigenvalue weighted by Gasteiger charge is 2.35. The molecule has 3 aromatic rings. The van der Waals surface area contributed by atoms with Crippen molar-refractivity contribution in [1.29, 1.82) is 0 Å². The van der Waals surface area contributed by atoms with Crippen molar-refractivity contribution in [1.82, 2.24) is 24.8 Å². The van der Waals surface area contributed by atoms with E-state index in [-0.39, 0.29) is 23.2 Å². The Morgan fingerprint density at radius 2 is 1.87 bits per heavy atom. The Morgan fingerprint density at radius 1 is 1.17 bits per heavy atom. The zero-order valence-electron chi connectivity index (χ0n) is 17.0. The second-order valence-corrected chi connectivity index (χ2v) is 10.3. The third-order valence-corrected chi connectivity index (χ3v) is 7.04. The fraction of sp³-hybridized carbons (Fsp3) is 0.400. The van der Waals surface area contributed by atoms with Crippen LogP contribution in [0.2, 0.25) is 0 Å². The van der Waals surface area contributed by atoms with Crippen molar-refractivity contribution in [2.75, 3.05) is 11.5 Å². The smallest absolute Gasteiger partial charge is 0.287 e. The maximum atomic E-state index is 12.9. The number of imidazole rings is 1. The third kappa shape index (κ3) is 4.13. The molecule has 1 amide bonds. The van der Waals surface area contributed by atoms with E-state index in [0.29, 0.717) is 35.6 Å². The lowest BCUT2D eigenvalue weighted by atomic mass is 9.95. The summed E-state index contributed by atoms with van der Waals surface area (Å²) in [4.78, 5) is 25.7. The molecule has 1 N–H and O–H groups in total. The summed E-state index contributed by atoms with van der Waals surface area (Å²) in [7, 11) is -1.27. The predicted octanol–water partition coefficient (Wildman–Crippen LogP) is 2.16. The molecule has 10 heteroatoms. The van der Waals surface area contributed by atoms with Crippen LogP contribution in [0.3, 0.4) is 0 Å². The van der Waals surface area contributed by atoms with Crippen LogP contribution < -0.4 is 10.1 Å². The van der Waals surface area contributed by atoms with Gasteiger partial charge in [-0.1, -0.05) is 6.07 Å². The minimum Gasteiger partial charge on any atom is -0.421 e. The largest absolute Gasteiger partial charge is 0.421 e. The third-order valence-electron chi connectivity index (χ3n) is 5.38. The van der Waals surface area contributed by atoms with Gasteiger partial charge in [0.25, 0.3) is 5.91 Å². The first kappa shape index (κ1) is 20.3. The van der Waals surface area contributed by atoms with Gasteiger partial charge in [-0.25, -0.2) is 23.4 Å². The number of hydrogen-bond acceptors (Lipinski definition) is 7. The van der Waals surface area contributed by atoms with Gasteiger partial charge in [0, 0.05) is 30.9 Å². The lowest BCUT2D eigenvalue weighted by Gasteiger charge is -2.34. The zero-order chi connectivity index (χ0) is 21.5. The summed E-state index contributed by atoms with van der Waals surface area (Å²) >= 11 is 0. The highest BCUT2D eigenvalue weighted by molar-refractivity contribution is 7.91. The quantitative estimate of drug-likeness (QED) is 0.675. The Kier molecular flexibility index (Phi) is 4.97. The Balaban J connectivity index is 1.55. The molecule has 0 bridgehead atoms. The first-order chi connectivity index (χ1) is 14.1. The molecular formula is C20H23N5O4S. The average Bonchev–Trinajstić information content (AvgIpc) is 3.03. The van der Waals surface area contributed by atoms with E-state index in [1.807, 2.05) is 19.9 Å². The number of pyridine rings is 2. The van der Waals surface area contributed by atoms with E-state index < -0.39 is 15.4 Å². The van der Waals surface area contributed by atoms with Crippen LogP contribution in [0.4, 0.5) is 0 Å². The molecule has 1 saturated heterocycles. The van der Waals surface area contributed by atoms with Gasteiger partial charge in [-0.3, -0.25) is 4.79 Å². The second-order valence-electron chi connectivity index (χ2n) is 7.95. The van der Waals surface area contributed by atoms with Gasteiger partial charge in [0.05, 0.1) is 23.2 Å². The fourth-order valence-electron chi connectivity index (χ4n) is 3.40. The van der Waals surface area contributed by atoms with Crippen LogP contribution in [0.5, 0.6) is 11.8 Å². The molecule has 0 atom stereocenters. The van der Waals surface area contributed by atoms with Crippen molar-refractivity contribution in [3.63, 3.8) is 0 Å². The SMILES string of the molecule is Cc1ccc(Oc2cc3c(cn2)nc(C(=O)NC2(C)CCS(=O)(=O)CC2)n3C)nc1. The monoisotopic (exact) mass is 429 g/mol. The molecule has 1 aliphatic rings. The fourth-order valence-corrected chi connectivity index (χ4v) is 5.13. The van der Waals surface area contributed by atoms with Gasteiger partial charge in [-0.15, -0.1) is 0 Å². The maximum absolute atomic E-state index is 12.9. The second kappa shape index (κ2) is 7.35. The molecule has 0 unspecified atom stereocenters. The summed E-state index contributed by atoms with van der Waals surface area (Å²) in [6, 6.07) is 5.36. The van der Waals surface area contributed by atoms with E-state index in [1.165, 1.54) is 0 Å². The standard InChI is InChI=1S/C20H23N5O4S/c1-13-4-5-16(21-11-13)29-17-10-15-14(12-22-17)23-18(25(15)3)19(26)24-20(2)6-8-30(27,28)9-7-20/h4-5,10-12H,6-9H2,1-3H3,(H,24,26). The minimum atomic E-state index is -3.02. The number of nitrogens with one attached hydrogen (secondary N) is 1. The lowest BCUT2D eigenvalue weighted by Crippen LogP contribution is -2.51. The van der Waals surface area contributed by atoms with Crippen LogP contribution in [0, 0.1) is 6.92 Å². The van der Waals surface area contributed by atoms with E-state index in [9.17, 15) is 13.2 Å². The van der Waals surface area contributed by atoms with Crippen LogP contribution in [0.1, 0.15) is 35.9 Å². The molecule has 0 spiro atoms. The van der Waals surface area contributed by atoms with E-state index >= 15 is 0 Å². The molecule has 9 nitrogen and oxygen atoms in total. The zero-order valence-corrected chi connectivity index (χ0v) is 17.9. The Labute approximate surface area is 174 Å². The number of aryl methyl sites for hydroxylation is 2. The lowest BCUT2D eigenvalue weighted by molar-refractivity contribution is 0.0886. The minimum absolute atomic E-state index is 0.0734. The van der Waals surface area contributed by atoms with Gasteiger partial charge in [0.15, 0.2) is 5.82 Å². The molecule has 158 valence electrons. The number of carbonyl (C=O) groups is 1. The van der Waals surface area contributed by atoms with Gasteiger partial charge in [0.1, 0.15) is 15.4 Å². The molecule has 3 aromatic heterocycles. The molecule has 0 aliphatic carbocycles. The van der Waals surface area contributed by atoms with E-state index in [1.54, 1.807) is 36.1 Å². The number of amides is 1. The number of ether oxygens (including phenoxy) is 1. The highest BCUT2D eigenvalue weighted by Crippen LogP contribution is 2.25. The van der Waals surface area contributed by atoms with Crippen molar-refractivity contribution in [2.24, 2.45) is 7.05 Å². The molecule has 4 rings (SSSR count).